The maximum Gasteiger partial charge on any atom is 0.108 e. The maximum absolute atomic E-state index is 10.1. The third-order valence-corrected chi connectivity index (χ3v) is 7.31. The van der Waals surface area contributed by atoms with Crippen LogP contribution < -0.4 is 0 Å². The van der Waals surface area contributed by atoms with E-state index in [1.54, 1.807) is 0 Å². The molecule has 0 aromatic heterocycles. The number of aliphatic hydroxyl groups excluding tert-OH is 3. The summed E-state index contributed by atoms with van der Waals surface area (Å²) in [5.41, 5.74) is 0. The van der Waals surface area contributed by atoms with E-state index < -0.39 is 18.3 Å². The number of nitrogens with zero attached hydrogens (tertiary/aromatic N) is 2. The van der Waals surface area contributed by atoms with Crippen LogP contribution in [-0.2, 0) is 0 Å². The van der Waals surface area contributed by atoms with Crippen molar-refractivity contribution in [3.8, 4) is 0 Å². The van der Waals surface area contributed by atoms with Crippen molar-refractivity contribution in [1.82, 2.24) is 9.80 Å². The Morgan fingerprint density at radius 1 is 0.923 bits per heavy atom. The molecule has 2 aliphatic heterocycles. The summed E-state index contributed by atoms with van der Waals surface area (Å²) in [7, 11) is 0. The number of hydrogen-bond donors (Lipinski definition) is 3. The molecule has 150 valence electrons. The van der Waals surface area contributed by atoms with Crippen LogP contribution >= 0.6 is 12.2 Å². The first-order valence-electron chi connectivity index (χ1n) is 10.5. The van der Waals surface area contributed by atoms with Crippen LogP contribution in [0.5, 0.6) is 0 Å². The molecular formula is C20H36N2O3S. The van der Waals surface area contributed by atoms with Crippen molar-refractivity contribution in [1.29, 1.82) is 0 Å². The summed E-state index contributed by atoms with van der Waals surface area (Å²) in [6.07, 6.45) is 7.40. The van der Waals surface area contributed by atoms with Crippen LogP contribution in [0.25, 0.3) is 0 Å². The predicted molar refractivity (Wildman–Crippen MR) is 107 cm³/mol. The van der Waals surface area contributed by atoms with Gasteiger partial charge in [-0.15, -0.1) is 0 Å². The van der Waals surface area contributed by atoms with E-state index in [-0.39, 0.29) is 6.04 Å². The van der Waals surface area contributed by atoms with E-state index >= 15 is 0 Å². The predicted octanol–water partition coefficient (Wildman–Crippen LogP) is 1.78. The SMILES string of the molecule is C[C@@H]1[C@@H](O)[C@H](O)[C@@H](O)CN1CC1CCN(C(=S)CC2CCCCC2)CC1. The van der Waals surface area contributed by atoms with E-state index in [1.807, 2.05) is 6.92 Å². The number of rotatable bonds is 4. The molecule has 3 fully saturated rings. The summed E-state index contributed by atoms with van der Waals surface area (Å²) in [6.45, 7) is 5.33. The van der Waals surface area contributed by atoms with Gasteiger partial charge in [0.25, 0.3) is 0 Å². The number of β-amino-alcohol motifs (C(OH)–C–C–N with tert-alkyl or cyclic N) is 1. The van der Waals surface area contributed by atoms with E-state index in [9.17, 15) is 15.3 Å². The molecule has 0 radical (unpaired) electrons. The molecule has 2 saturated heterocycles. The van der Waals surface area contributed by atoms with Gasteiger partial charge in [0.2, 0.25) is 0 Å². The summed E-state index contributed by atoms with van der Waals surface area (Å²) >= 11 is 5.74. The second-order valence-electron chi connectivity index (χ2n) is 8.78. The van der Waals surface area contributed by atoms with E-state index in [2.05, 4.69) is 9.80 Å². The van der Waals surface area contributed by atoms with Crippen LogP contribution in [0.1, 0.15) is 58.3 Å². The second kappa shape index (κ2) is 9.28. The lowest BCUT2D eigenvalue weighted by Crippen LogP contribution is -2.61. The molecular weight excluding hydrogens is 348 g/mol. The summed E-state index contributed by atoms with van der Waals surface area (Å²) in [5, 5.41) is 29.9. The highest BCUT2D eigenvalue weighted by Gasteiger charge is 2.39. The zero-order chi connectivity index (χ0) is 18.7. The first-order chi connectivity index (χ1) is 12.5. The van der Waals surface area contributed by atoms with Gasteiger partial charge in [-0.1, -0.05) is 44.3 Å². The van der Waals surface area contributed by atoms with Crippen molar-refractivity contribution in [3.05, 3.63) is 0 Å². The second-order valence-corrected chi connectivity index (χ2v) is 9.25. The Balaban J connectivity index is 1.42. The lowest BCUT2D eigenvalue weighted by atomic mass is 9.86. The third kappa shape index (κ3) is 4.96. The Bertz CT molecular complexity index is 464. The fourth-order valence-corrected chi connectivity index (χ4v) is 5.37. The molecule has 0 unspecified atom stereocenters. The molecule has 6 heteroatoms. The molecule has 0 aromatic rings. The minimum absolute atomic E-state index is 0.112. The van der Waals surface area contributed by atoms with E-state index in [4.69, 9.17) is 12.2 Å². The normalized spacial score (nSPS) is 35.6. The van der Waals surface area contributed by atoms with Gasteiger partial charge in [0.05, 0.1) is 17.2 Å². The van der Waals surface area contributed by atoms with Crippen LogP contribution in [-0.4, -0.2) is 80.6 Å². The van der Waals surface area contributed by atoms with Gasteiger partial charge in [0.15, 0.2) is 0 Å². The monoisotopic (exact) mass is 384 g/mol. The zero-order valence-corrected chi connectivity index (χ0v) is 16.9. The van der Waals surface area contributed by atoms with Crippen molar-refractivity contribution in [2.45, 2.75) is 82.6 Å². The summed E-state index contributed by atoms with van der Waals surface area (Å²) in [4.78, 5) is 5.71. The number of aliphatic hydroxyl groups is 3. The zero-order valence-electron chi connectivity index (χ0n) is 16.1. The minimum Gasteiger partial charge on any atom is -0.389 e. The molecule has 0 aromatic carbocycles. The smallest absolute Gasteiger partial charge is 0.108 e. The van der Waals surface area contributed by atoms with Gasteiger partial charge in [0.1, 0.15) is 6.10 Å². The number of hydrogen-bond acceptors (Lipinski definition) is 5. The standard InChI is InChI=1S/C20H36N2O3S/c1-14-19(24)20(25)17(23)13-22(14)12-16-7-9-21(10-8-16)18(26)11-15-5-3-2-4-6-15/h14-17,19-20,23-25H,2-13H2,1H3/t14-,17+,19-,20-/m1/s1. The van der Waals surface area contributed by atoms with Crippen LogP contribution in [0.3, 0.4) is 0 Å². The van der Waals surface area contributed by atoms with Crippen molar-refractivity contribution in [2.24, 2.45) is 11.8 Å². The largest absolute Gasteiger partial charge is 0.389 e. The molecule has 1 saturated carbocycles. The van der Waals surface area contributed by atoms with Crippen molar-refractivity contribution in [3.63, 3.8) is 0 Å². The number of piperidine rings is 2. The lowest BCUT2D eigenvalue weighted by Gasteiger charge is -2.44. The molecule has 2 heterocycles. The highest BCUT2D eigenvalue weighted by molar-refractivity contribution is 7.80. The molecule has 0 spiro atoms. The van der Waals surface area contributed by atoms with Gasteiger partial charge in [-0.3, -0.25) is 4.90 Å². The minimum atomic E-state index is -1.03. The molecule has 3 rings (SSSR count). The van der Waals surface area contributed by atoms with Gasteiger partial charge >= 0.3 is 0 Å². The Morgan fingerprint density at radius 2 is 1.58 bits per heavy atom. The van der Waals surface area contributed by atoms with Gasteiger partial charge in [0, 0.05) is 38.6 Å². The molecule has 1 aliphatic carbocycles. The average molecular weight is 385 g/mol. The van der Waals surface area contributed by atoms with Crippen molar-refractivity contribution < 1.29 is 15.3 Å². The fourth-order valence-electron chi connectivity index (χ4n) is 4.95. The van der Waals surface area contributed by atoms with Crippen molar-refractivity contribution >= 4 is 17.2 Å². The van der Waals surface area contributed by atoms with E-state index in [1.165, 1.54) is 32.1 Å². The summed E-state index contributed by atoms with van der Waals surface area (Å²) in [5.74, 6) is 1.37. The topological polar surface area (TPSA) is 67.2 Å². The maximum atomic E-state index is 10.1. The molecule has 26 heavy (non-hydrogen) atoms. The quantitative estimate of drug-likeness (QED) is 0.642. The van der Waals surface area contributed by atoms with Crippen LogP contribution in [0.4, 0.5) is 0 Å². The van der Waals surface area contributed by atoms with E-state index in [0.29, 0.717) is 12.5 Å². The van der Waals surface area contributed by atoms with Crippen LogP contribution in [0.2, 0.25) is 0 Å². The summed E-state index contributed by atoms with van der Waals surface area (Å²) < 4.78 is 0. The van der Waals surface area contributed by atoms with Crippen molar-refractivity contribution in [2.75, 3.05) is 26.2 Å². The number of likely N-dealkylation sites (tertiary alicyclic amines) is 2. The third-order valence-electron chi connectivity index (χ3n) is 6.88. The van der Waals surface area contributed by atoms with Gasteiger partial charge < -0.3 is 20.2 Å². The van der Waals surface area contributed by atoms with E-state index in [0.717, 1.165) is 49.8 Å². The van der Waals surface area contributed by atoms with Gasteiger partial charge in [-0.25, -0.2) is 0 Å². The van der Waals surface area contributed by atoms with Gasteiger partial charge in [-0.05, 0) is 31.6 Å². The lowest BCUT2D eigenvalue weighted by molar-refractivity contribution is -0.136. The fraction of sp³-hybridized carbons (Fsp3) is 0.950. The van der Waals surface area contributed by atoms with Gasteiger partial charge in [-0.2, -0.15) is 0 Å². The molecule has 3 aliphatic rings. The highest BCUT2D eigenvalue weighted by Crippen LogP contribution is 2.29. The molecule has 4 atom stereocenters. The molecule has 0 amide bonds. The number of thiocarbonyl (C=S) groups is 1. The Kier molecular flexibility index (Phi) is 7.31. The van der Waals surface area contributed by atoms with Crippen LogP contribution in [0.15, 0.2) is 0 Å². The first kappa shape index (κ1) is 20.5. The van der Waals surface area contributed by atoms with Crippen LogP contribution in [0, 0.1) is 11.8 Å². The molecule has 0 bridgehead atoms. The Labute approximate surface area is 163 Å². The Morgan fingerprint density at radius 3 is 2.23 bits per heavy atom. The average Bonchev–Trinajstić information content (AvgIpc) is 2.65. The molecule has 5 nitrogen and oxygen atoms in total. The summed E-state index contributed by atoms with van der Waals surface area (Å²) in [6, 6.07) is -0.112. The highest BCUT2D eigenvalue weighted by atomic mass is 32.1. The Hall–Kier alpha value is -0.270. The molecule has 3 N–H and O–H groups in total. The first-order valence-corrected chi connectivity index (χ1v) is 10.9.